The first-order valence-corrected chi connectivity index (χ1v) is 8.81. The van der Waals surface area contributed by atoms with Crippen molar-refractivity contribution < 1.29 is 19.1 Å². The number of benzene rings is 2. The lowest BCUT2D eigenvalue weighted by molar-refractivity contribution is -0.124. The molecule has 1 atom stereocenters. The van der Waals surface area contributed by atoms with Crippen molar-refractivity contribution in [2.24, 2.45) is 0 Å². The van der Waals surface area contributed by atoms with Crippen molar-refractivity contribution in [3.05, 3.63) is 63.6 Å². The lowest BCUT2D eigenvalue weighted by Gasteiger charge is -2.16. The van der Waals surface area contributed by atoms with Gasteiger partial charge in [0.25, 0.3) is 5.91 Å². The third-order valence-electron chi connectivity index (χ3n) is 3.58. The highest BCUT2D eigenvalue weighted by molar-refractivity contribution is 6.35. The van der Waals surface area contributed by atoms with Gasteiger partial charge in [-0.2, -0.15) is 0 Å². The molecule has 0 aliphatic heterocycles. The highest BCUT2D eigenvalue weighted by Gasteiger charge is 2.15. The fourth-order valence-electron chi connectivity index (χ4n) is 2.32. The predicted octanol–water partition coefficient (Wildman–Crippen LogP) is 3.99. The van der Waals surface area contributed by atoms with Crippen LogP contribution in [0, 0.1) is 0 Å². The molecule has 27 heavy (non-hydrogen) atoms. The van der Waals surface area contributed by atoms with E-state index >= 15 is 0 Å². The molecule has 2 aromatic rings. The Hall–Kier alpha value is -2.57. The number of amides is 2. The second-order valence-corrected chi connectivity index (χ2v) is 6.63. The van der Waals surface area contributed by atoms with Crippen LogP contribution in [0.5, 0.6) is 0 Å². The lowest BCUT2D eigenvalue weighted by atomic mass is 10.1. The monoisotopic (exact) mass is 408 g/mol. The summed E-state index contributed by atoms with van der Waals surface area (Å²) in [6.45, 7) is 2.72. The molecule has 0 aliphatic carbocycles. The van der Waals surface area contributed by atoms with Gasteiger partial charge < -0.3 is 15.4 Å². The summed E-state index contributed by atoms with van der Waals surface area (Å²) in [6.07, 6.45) is 0. The maximum atomic E-state index is 12.0. The number of carbonyl (C=O) groups excluding carboxylic acids is 3. The largest absolute Gasteiger partial charge is 0.452 e. The second kappa shape index (κ2) is 9.39. The Morgan fingerprint density at radius 3 is 2.33 bits per heavy atom. The molecule has 8 heteroatoms. The van der Waals surface area contributed by atoms with Gasteiger partial charge in [0.1, 0.15) is 0 Å². The van der Waals surface area contributed by atoms with Gasteiger partial charge in [0.05, 0.1) is 11.6 Å². The molecule has 2 rings (SSSR count). The number of esters is 1. The number of ether oxygens (including phenoxy) is 1. The lowest BCUT2D eigenvalue weighted by Crippen LogP contribution is -2.31. The minimum atomic E-state index is -0.642. The van der Waals surface area contributed by atoms with Gasteiger partial charge in [-0.15, -0.1) is 0 Å². The predicted molar refractivity (Wildman–Crippen MR) is 104 cm³/mol. The maximum absolute atomic E-state index is 12.0. The first kappa shape index (κ1) is 20.7. The van der Waals surface area contributed by atoms with Crippen molar-refractivity contribution in [2.75, 3.05) is 11.9 Å². The summed E-state index contributed by atoms with van der Waals surface area (Å²) in [6, 6.07) is 10.8. The van der Waals surface area contributed by atoms with Crippen molar-refractivity contribution in [2.45, 2.75) is 19.9 Å². The van der Waals surface area contributed by atoms with Crippen LogP contribution in [-0.4, -0.2) is 24.4 Å². The molecule has 0 heterocycles. The van der Waals surface area contributed by atoms with Crippen LogP contribution in [0.25, 0.3) is 0 Å². The Morgan fingerprint density at radius 1 is 1.07 bits per heavy atom. The van der Waals surface area contributed by atoms with Gasteiger partial charge in [-0.3, -0.25) is 9.59 Å². The highest BCUT2D eigenvalue weighted by atomic mass is 35.5. The molecule has 0 saturated carbocycles. The number of rotatable bonds is 6. The SMILES string of the molecule is CC(=O)Nc1ccc(C(=O)OCC(=O)NC(C)c2ccc(Cl)cc2Cl)cc1. The van der Waals surface area contributed by atoms with Crippen LogP contribution in [0.1, 0.15) is 35.8 Å². The van der Waals surface area contributed by atoms with Crippen molar-refractivity contribution in [1.29, 1.82) is 0 Å². The molecule has 6 nitrogen and oxygen atoms in total. The molecule has 0 fully saturated rings. The third kappa shape index (κ3) is 6.27. The average molecular weight is 409 g/mol. The zero-order valence-corrected chi connectivity index (χ0v) is 16.2. The van der Waals surface area contributed by atoms with Gasteiger partial charge in [0, 0.05) is 22.7 Å². The van der Waals surface area contributed by atoms with Crippen LogP contribution in [0.3, 0.4) is 0 Å². The Kier molecular flexibility index (Phi) is 7.21. The third-order valence-corrected chi connectivity index (χ3v) is 4.14. The summed E-state index contributed by atoms with van der Waals surface area (Å²) < 4.78 is 5.00. The Balaban J connectivity index is 1.87. The minimum Gasteiger partial charge on any atom is -0.452 e. The number of carbonyl (C=O) groups is 3. The van der Waals surface area contributed by atoms with Gasteiger partial charge in [-0.25, -0.2) is 4.79 Å². The highest BCUT2D eigenvalue weighted by Crippen LogP contribution is 2.26. The maximum Gasteiger partial charge on any atom is 0.338 e. The Bertz CT molecular complexity index is 853. The zero-order valence-electron chi connectivity index (χ0n) is 14.7. The van der Waals surface area contributed by atoms with Crippen LogP contribution < -0.4 is 10.6 Å². The fourth-order valence-corrected chi connectivity index (χ4v) is 2.89. The van der Waals surface area contributed by atoms with E-state index in [4.69, 9.17) is 27.9 Å². The molecule has 0 radical (unpaired) electrons. The second-order valence-electron chi connectivity index (χ2n) is 5.79. The van der Waals surface area contributed by atoms with Crippen LogP contribution in [0.15, 0.2) is 42.5 Å². The van der Waals surface area contributed by atoms with Crippen molar-refractivity contribution in [3.8, 4) is 0 Å². The molecule has 2 amide bonds. The van der Waals surface area contributed by atoms with E-state index in [9.17, 15) is 14.4 Å². The topological polar surface area (TPSA) is 84.5 Å². The van der Waals surface area contributed by atoms with Crippen molar-refractivity contribution in [1.82, 2.24) is 5.32 Å². The number of anilines is 1. The van der Waals surface area contributed by atoms with Gasteiger partial charge in [-0.05, 0) is 48.9 Å². The fraction of sp³-hybridized carbons (Fsp3) is 0.211. The molecule has 142 valence electrons. The van der Waals surface area contributed by atoms with Gasteiger partial charge in [0.2, 0.25) is 5.91 Å². The zero-order chi connectivity index (χ0) is 20.0. The van der Waals surface area contributed by atoms with E-state index < -0.39 is 18.5 Å². The van der Waals surface area contributed by atoms with E-state index in [1.807, 2.05) is 0 Å². The van der Waals surface area contributed by atoms with Crippen molar-refractivity contribution in [3.63, 3.8) is 0 Å². The number of nitrogens with one attached hydrogen (secondary N) is 2. The van der Waals surface area contributed by atoms with E-state index in [0.717, 1.165) is 0 Å². The minimum absolute atomic E-state index is 0.211. The molecule has 2 aromatic carbocycles. The van der Waals surface area contributed by atoms with E-state index in [0.29, 0.717) is 21.3 Å². The van der Waals surface area contributed by atoms with Crippen LogP contribution in [0.2, 0.25) is 10.0 Å². The van der Waals surface area contributed by atoms with Gasteiger partial charge in [0.15, 0.2) is 6.61 Å². The summed E-state index contributed by atoms with van der Waals surface area (Å²) in [5, 5.41) is 6.23. The van der Waals surface area contributed by atoms with Gasteiger partial charge >= 0.3 is 5.97 Å². The number of hydrogen-bond acceptors (Lipinski definition) is 4. The molecular formula is C19H18Cl2N2O4. The number of halogens is 2. The normalized spacial score (nSPS) is 11.4. The number of hydrogen-bond donors (Lipinski definition) is 2. The standard InChI is InChI=1S/C19H18Cl2N2O4/c1-11(16-8-5-14(20)9-17(16)21)22-18(25)10-27-19(26)13-3-6-15(7-4-13)23-12(2)24/h3-9,11H,10H2,1-2H3,(H,22,25)(H,23,24). The van der Waals surface area contributed by atoms with E-state index in [1.54, 1.807) is 37.3 Å². The summed E-state index contributed by atoms with van der Waals surface area (Å²) in [4.78, 5) is 35.0. The first-order chi connectivity index (χ1) is 12.8. The molecular weight excluding hydrogens is 391 g/mol. The van der Waals surface area contributed by atoms with E-state index in [2.05, 4.69) is 10.6 Å². The van der Waals surface area contributed by atoms with E-state index in [1.165, 1.54) is 19.1 Å². The first-order valence-electron chi connectivity index (χ1n) is 8.05. The summed E-state index contributed by atoms with van der Waals surface area (Å²) >= 11 is 12.0. The summed E-state index contributed by atoms with van der Waals surface area (Å²) in [5.41, 5.74) is 1.53. The average Bonchev–Trinajstić information content (AvgIpc) is 2.59. The molecule has 0 aromatic heterocycles. The molecule has 0 saturated heterocycles. The van der Waals surface area contributed by atoms with Crippen molar-refractivity contribution >= 4 is 46.7 Å². The molecule has 1 unspecified atom stereocenters. The summed E-state index contributed by atoms with van der Waals surface area (Å²) in [7, 11) is 0. The van der Waals surface area contributed by atoms with Crippen LogP contribution >= 0.6 is 23.2 Å². The summed E-state index contributed by atoms with van der Waals surface area (Å²) in [5.74, 6) is -1.31. The van der Waals surface area contributed by atoms with E-state index in [-0.39, 0.29) is 17.5 Å². The molecule has 2 N–H and O–H groups in total. The van der Waals surface area contributed by atoms with Crippen LogP contribution in [-0.2, 0) is 14.3 Å². The smallest absolute Gasteiger partial charge is 0.338 e. The molecule has 0 bridgehead atoms. The molecule has 0 aliphatic rings. The Labute approximate surface area is 166 Å². The Morgan fingerprint density at radius 2 is 1.74 bits per heavy atom. The van der Waals surface area contributed by atoms with Gasteiger partial charge in [-0.1, -0.05) is 29.3 Å². The molecule has 0 spiro atoms. The van der Waals surface area contributed by atoms with Crippen LogP contribution in [0.4, 0.5) is 5.69 Å². The quantitative estimate of drug-likeness (QED) is 0.707.